The van der Waals surface area contributed by atoms with Crippen LogP contribution in [0.2, 0.25) is 0 Å². The fourth-order valence-electron chi connectivity index (χ4n) is 1.69. The van der Waals surface area contributed by atoms with Crippen molar-refractivity contribution in [1.82, 2.24) is 0 Å². The van der Waals surface area contributed by atoms with Gasteiger partial charge in [0, 0.05) is 6.92 Å². The second-order valence-corrected chi connectivity index (χ2v) is 4.75. The molecular weight excluding hydrogens is 282 g/mol. The summed E-state index contributed by atoms with van der Waals surface area (Å²) in [6.45, 7) is 1.27. The number of ether oxygens (including phenoxy) is 1. The monoisotopic (exact) mass is 296 g/mol. The number of benzene rings is 1. The van der Waals surface area contributed by atoms with Crippen molar-refractivity contribution in [2.45, 2.75) is 19.4 Å². The van der Waals surface area contributed by atoms with Gasteiger partial charge in [-0.25, -0.2) is 4.39 Å². The summed E-state index contributed by atoms with van der Waals surface area (Å²) >= 11 is 2.33. The number of nitrogens with two attached hydrogens (primary N) is 1. The summed E-state index contributed by atoms with van der Waals surface area (Å²) in [6, 6.07) is -0.0118. The highest BCUT2D eigenvalue weighted by Crippen LogP contribution is 2.27. The first-order chi connectivity index (χ1) is 9.27. The number of amides is 1. The van der Waals surface area contributed by atoms with Gasteiger partial charge < -0.3 is 20.9 Å². The molecule has 0 bridgehead atoms. The van der Waals surface area contributed by atoms with E-state index in [1.165, 1.54) is 14.0 Å². The summed E-state index contributed by atoms with van der Waals surface area (Å²) in [5.74, 6) is -2.40. The van der Waals surface area contributed by atoms with Crippen molar-refractivity contribution in [2.75, 3.05) is 12.4 Å². The molecule has 1 atom stereocenters. The fourth-order valence-corrected chi connectivity index (χ4v) is 2.10. The van der Waals surface area contributed by atoms with Gasteiger partial charge in [-0.1, -0.05) is 5.56 Å². The first-order valence-corrected chi connectivity index (χ1v) is 6.26. The number of carbonyl (C=O) groups is 2. The van der Waals surface area contributed by atoms with Gasteiger partial charge in [0.15, 0.2) is 27.9 Å². The van der Waals surface area contributed by atoms with Crippen LogP contribution in [-0.4, -0.2) is 46.4 Å². The number of carboxylic acids is 1. The molecule has 4 N–H and O–H groups in total. The van der Waals surface area contributed by atoms with Crippen LogP contribution in [0.4, 0.5) is 10.1 Å². The van der Waals surface area contributed by atoms with Gasteiger partial charge in [-0.2, -0.15) is 0 Å². The Bertz CT molecular complexity index is 551. The SMILES string of the molecule is COc1c(F)cc(CC(N)C(=O)O)[c]([Al])c1NC(C)=O. The van der Waals surface area contributed by atoms with E-state index < -0.39 is 23.7 Å². The van der Waals surface area contributed by atoms with Crippen LogP contribution < -0.4 is 20.2 Å². The van der Waals surface area contributed by atoms with Crippen LogP contribution in [0.3, 0.4) is 0 Å². The van der Waals surface area contributed by atoms with Crippen LogP contribution in [0, 0.1) is 5.82 Å². The molecule has 20 heavy (non-hydrogen) atoms. The average molecular weight is 296 g/mol. The Hall–Kier alpha value is -1.62. The molecule has 8 heteroatoms. The van der Waals surface area contributed by atoms with Gasteiger partial charge in [0.05, 0.1) is 12.8 Å². The molecule has 1 aromatic carbocycles. The maximum atomic E-state index is 13.9. The zero-order valence-electron chi connectivity index (χ0n) is 11.1. The summed E-state index contributed by atoms with van der Waals surface area (Å²) in [5, 5.41) is 11.3. The first-order valence-electron chi connectivity index (χ1n) is 5.68. The molecule has 0 spiro atoms. The van der Waals surface area contributed by atoms with E-state index >= 15 is 0 Å². The molecule has 0 aromatic heterocycles. The summed E-state index contributed by atoms with van der Waals surface area (Å²) < 4.78 is 19.3. The lowest BCUT2D eigenvalue weighted by atomic mass is 10.0. The van der Waals surface area contributed by atoms with E-state index in [1.54, 1.807) is 0 Å². The minimum Gasteiger partial charge on any atom is -0.492 e. The maximum absolute atomic E-state index is 13.9. The number of rotatable bonds is 5. The number of halogens is 1. The van der Waals surface area contributed by atoms with E-state index in [-0.39, 0.29) is 17.9 Å². The van der Waals surface area contributed by atoms with E-state index in [4.69, 9.17) is 15.6 Å². The Labute approximate surface area is 123 Å². The van der Waals surface area contributed by atoms with Crippen molar-refractivity contribution in [3.05, 3.63) is 17.4 Å². The lowest BCUT2D eigenvalue weighted by Gasteiger charge is -2.18. The Morgan fingerprint density at radius 2 is 2.20 bits per heavy atom. The van der Waals surface area contributed by atoms with Crippen molar-refractivity contribution in [3.63, 3.8) is 0 Å². The highest BCUT2D eigenvalue weighted by molar-refractivity contribution is 6.38. The molecule has 0 heterocycles. The van der Waals surface area contributed by atoms with Crippen LogP contribution >= 0.6 is 0 Å². The smallest absolute Gasteiger partial charge is 0.320 e. The molecule has 1 aromatic rings. The molecule has 0 fully saturated rings. The number of anilines is 1. The van der Waals surface area contributed by atoms with Crippen LogP contribution in [0.1, 0.15) is 12.5 Å². The van der Waals surface area contributed by atoms with E-state index in [0.29, 0.717) is 9.99 Å². The topological polar surface area (TPSA) is 102 Å². The molecule has 0 aliphatic rings. The molecule has 0 aliphatic heterocycles. The normalized spacial score (nSPS) is 11.8. The highest BCUT2D eigenvalue weighted by Gasteiger charge is 2.20. The van der Waals surface area contributed by atoms with E-state index in [9.17, 15) is 14.0 Å². The quantitative estimate of drug-likeness (QED) is 0.638. The lowest BCUT2D eigenvalue weighted by Crippen LogP contribution is -2.34. The average Bonchev–Trinajstić information content (AvgIpc) is 2.34. The third kappa shape index (κ3) is 3.70. The number of methoxy groups -OCH3 is 1. The number of aliphatic carboxylic acids is 1. The Morgan fingerprint density at radius 3 is 2.65 bits per heavy atom. The predicted molar refractivity (Wildman–Crippen MR) is 72.0 cm³/mol. The largest absolute Gasteiger partial charge is 0.492 e. The molecule has 0 saturated carbocycles. The summed E-state index contributed by atoms with van der Waals surface area (Å²) in [6.07, 6.45) is -0.0678. The Balaban J connectivity index is 3.30. The Morgan fingerprint density at radius 1 is 1.60 bits per heavy atom. The summed E-state index contributed by atoms with van der Waals surface area (Å²) in [5.41, 5.74) is 5.96. The molecule has 106 valence electrons. The van der Waals surface area contributed by atoms with Crippen LogP contribution in [0.15, 0.2) is 6.07 Å². The number of carboxylic acid groups (broad SMARTS) is 1. The lowest BCUT2D eigenvalue weighted by molar-refractivity contribution is -0.138. The van der Waals surface area contributed by atoms with Crippen molar-refractivity contribution < 1.29 is 23.8 Å². The summed E-state index contributed by atoms with van der Waals surface area (Å²) in [7, 11) is 1.27. The molecule has 0 saturated heterocycles. The third-order valence-corrected chi connectivity index (χ3v) is 3.28. The molecule has 0 aliphatic carbocycles. The van der Waals surface area contributed by atoms with Crippen LogP contribution in [0.5, 0.6) is 5.75 Å². The summed E-state index contributed by atoms with van der Waals surface area (Å²) in [4.78, 5) is 21.9. The van der Waals surface area contributed by atoms with Crippen molar-refractivity contribution in [1.29, 1.82) is 0 Å². The number of hydrogen-bond donors (Lipinski definition) is 3. The van der Waals surface area contributed by atoms with Gasteiger partial charge in [-0.15, -0.1) is 4.43 Å². The fraction of sp³-hybridized carbons (Fsp3) is 0.333. The molecule has 1 unspecified atom stereocenters. The molecule has 6 nitrogen and oxygen atoms in total. The van der Waals surface area contributed by atoms with Crippen molar-refractivity contribution in [2.24, 2.45) is 5.73 Å². The van der Waals surface area contributed by atoms with E-state index in [1.807, 2.05) is 0 Å². The standard InChI is InChI=1S/C12H14FN2O4.Al/c1-6(16)15-10-5-7(4-9(14)12(17)18)3-8(13)11(10)19-2;/h3,9H,4,14H2,1-2H3,(H,15,16)(H,17,18);. The molecule has 2 radical (unpaired) electrons. The second kappa shape index (κ2) is 6.70. The van der Waals surface area contributed by atoms with Crippen LogP contribution in [0.25, 0.3) is 0 Å². The van der Waals surface area contributed by atoms with Crippen molar-refractivity contribution in [3.8, 4) is 5.75 Å². The molecule has 1 rings (SSSR count). The molecular formula is C12H14AlFN2O4. The number of nitrogens with one attached hydrogen (secondary N) is 1. The highest BCUT2D eigenvalue weighted by atomic mass is 27.0. The zero-order chi connectivity index (χ0) is 15.4. The van der Waals surface area contributed by atoms with E-state index in [2.05, 4.69) is 21.6 Å². The van der Waals surface area contributed by atoms with Gasteiger partial charge >= 0.3 is 5.97 Å². The number of hydrogen-bond acceptors (Lipinski definition) is 4. The minimum absolute atomic E-state index is 0.0678. The van der Waals surface area contributed by atoms with E-state index in [0.717, 1.165) is 6.07 Å². The van der Waals surface area contributed by atoms with Crippen molar-refractivity contribution >= 4 is 38.3 Å². The first kappa shape index (κ1) is 16.4. The Kier molecular flexibility index (Phi) is 5.51. The van der Waals surface area contributed by atoms with Gasteiger partial charge in [-0.3, -0.25) is 9.59 Å². The van der Waals surface area contributed by atoms with Gasteiger partial charge in [0.1, 0.15) is 6.04 Å². The molecule has 1 amide bonds. The number of carbonyl (C=O) groups excluding carboxylic acids is 1. The van der Waals surface area contributed by atoms with Gasteiger partial charge in [0.2, 0.25) is 5.91 Å². The van der Waals surface area contributed by atoms with Gasteiger partial charge in [-0.05, 0) is 12.5 Å². The maximum Gasteiger partial charge on any atom is 0.320 e. The third-order valence-electron chi connectivity index (χ3n) is 2.62. The second-order valence-electron chi connectivity index (χ2n) is 4.17. The predicted octanol–water partition coefficient (Wildman–Crippen LogP) is -0.459. The minimum atomic E-state index is -1.19. The zero-order valence-corrected chi connectivity index (χ0v) is 12.2. The van der Waals surface area contributed by atoms with Gasteiger partial charge in [0.25, 0.3) is 0 Å². The van der Waals surface area contributed by atoms with Crippen LogP contribution in [-0.2, 0) is 16.0 Å².